The van der Waals surface area contributed by atoms with Crippen molar-refractivity contribution in [3.63, 3.8) is 0 Å². The number of hydrogen-bond donors (Lipinski definition) is 1. The van der Waals surface area contributed by atoms with Crippen molar-refractivity contribution in [1.82, 2.24) is 19.9 Å². The fourth-order valence-corrected chi connectivity index (χ4v) is 1.23. The predicted molar refractivity (Wildman–Crippen MR) is 54.4 cm³/mol. The number of aromatic amines is 1. The largest absolute Gasteiger partial charge is 0.313 e. The summed E-state index contributed by atoms with van der Waals surface area (Å²) in [5.41, 5.74) is 1.40. The van der Waals surface area contributed by atoms with Crippen LogP contribution in [0, 0.1) is 6.92 Å². The second-order valence-electron chi connectivity index (χ2n) is 3.22. The number of nitrogens with zero attached hydrogens (tertiary/aromatic N) is 3. The Kier molecular flexibility index (Phi) is 2.53. The van der Waals surface area contributed by atoms with Gasteiger partial charge in [-0.15, -0.1) is 0 Å². The molecule has 0 aliphatic heterocycles. The van der Waals surface area contributed by atoms with Crippen molar-refractivity contribution >= 4 is 0 Å². The van der Waals surface area contributed by atoms with Crippen LogP contribution in [-0.4, -0.2) is 19.9 Å². The molecular weight excluding hydrogens is 192 g/mol. The van der Waals surface area contributed by atoms with E-state index in [9.17, 15) is 4.79 Å². The molecule has 0 atom stereocenters. The van der Waals surface area contributed by atoms with E-state index in [1.54, 1.807) is 18.6 Å². The molecule has 5 heteroatoms. The van der Waals surface area contributed by atoms with Crippen molar-refractivity contribution in [2.75, 3.05) is 0 Å². The van der Waals surface area contributed by atoms with Crippen LogP contribution in [0.15, 0.2) is 29.7 Å². The molecule has 2 heterocycles. The van der Waals surface area contributed by atoms with E-state index in [1.807, 2.05) is 6.92 Å². The predicted octanol–water partition coefficient (Wildman–Crippen LogP) is 0.459. The molecule has 0 bridgehead atoms. The first-order chi connectivity index (χ1) is 7.25. The lowest BCUT2D eigenvalue weighted by Crippen LogP contribution is -2.12. The molecule has 0 radical (unpaired) electrons. The molecule has 0 spiro atoms. The molecule has 76 valence electrons. The molecule has 2 rings (SSSR count). The first-order valence-corrected chi connectivity index (χ1v) is 4.55. The van der Waals surface area contributed by atoms with Crippen molar-refractivity contribution in [3.8, 4) is 0 Å². The Morgan fingerprint density at radius 2 is 2.00 bits per heavy atom. The normalized spacial score (nSPS) is 10.2. The number of rotatable bonds is 2. The van der Waals surface area contributed by atoms with E-state index in [1.165, 1.54) is 6.33 Å². The molecule has 0 aromatic carbocycles. The molecule has 5 nitrogen and oxygen atoms in total. The lowest BCUT2D eigenvalue weighted by atomic mass is 10.1. The minimum atomic E-state index is -0.120. The maximum atomic E-state index is 11.4. The SMILES string of the molecule is Cc1ncc(Cc2cnc[nH]c2=O)cn1. The van der Waals surface area contributed by atoms with Crippen LogP contribution in [0.2, 0.25) is 0 Å². The summed E-state index contributed by atoms with van der Waals surface area (Å²) < 4.78 is 0. The van der Waals surface area contributed by atoms with E-state index in [2.05, 4.69) is 19.9 Å². The zero-order valence-corrected chi connectivity index (χ0v) is 8.27. The summed E-state index contributed by atoms with van der Waals surface area (Å²) >= 11 is 0. The minimum Gasteiger partial charge on any atom is -0.313 e. The van der Waals surface area contributed by atoms with Gasteiger partial charge in [-0.25, -0.2) is 15.0 Å². The Balaban J connectivity index is 2.26. The van der Waals surface area contributed by atoms with Gasteiger partial charge in [0.2, 0.25) is 0 Å². The first kappa shape index (κ1) is 9.51. The summed E-state index contributed by atoms with van der Waals surface area (Å²) in [7, 11) is 0. The first-order valence-electron chi connectivity index (χ1n) is 4.55. The van der Waals surface area contributed by atoms with Gasteiger partial charge in [0, 0.05) is 30.6 Å². The van der Waals surface area contributed by atoms with Crippen LogP contribution < -0.4 is 5.56 Å². The fourth-order valence-electron chi connectivity index (χ4n) is 1.23. The standard InChI is InChI=1S/C10H10N4O/c1-7-12-3-8(4-13-7)2-9-5-11-6-14-10(9)15/h3-6H,2H2,1H3,(H,11,14,15). The van der Waals surface area contributed by atoms with E-state index < -0.39 is 0 Å². The van der Waals surface area contributed by atoms with Crippen LogP contribution in [0.25, 0.3) is 0 Å². The molecule has 2 aromatic heterocycles. The van der Waals surface area contributed by atoms with Crippen molar-refractivity contribution in [3.05, 3.63) is 52.2 Å². The van der Waals surface area contributed by atoms with Crippen molar-refractivity contribution in [2.24, 2.45) is 0 Å². The maximum Gasteiger partial charge on any atom is 0.254 e. The van der Waals surface area contributed by atoms with E-state index >= 15 is 0 Å². The number of aryl methyl sites for hydroxylation is 1. The molecule has 2 aromatic rings. The van der Waals surface area contributed by atoms with Crippen LogP contribution in [0.3, 0.4) is 0 Å². The average molecular weight is 202 g/mol. The zero-order chi connectivity index (χ0) is 10.7. The highest BCUT2D eigenvalue weighted by atomic mass is 16.1. The lowest BCUT2D eigenvalue weighted by Gasteiger charge is -1.99. The fraction of sp³-hybridized carbons (Fsp3) is 0.200. The van der Waals surface area contributed by atoms with Gasteiger partial charge in [0.25, 0.3) is 5.56 Å². The quantitative estimate of drug-likeness (QED) is 0.767. The third-order valence-electron chi connectivity index (χ3n) is 2.02. The Bertz CT molecular complexity index is 503. The number of aromatic nitrogens is 4. The molecule has 0 saturated heterocycles. The van der Waals surface area contributed by atoms with Gasteiger partial charge >= 0.3 is 0 Å². The smallest absolute Gasteiger partial charge is 0.254 e. The Labute approximate surface area is 86.3 Å². The number of H-pyrrole nitrogens is 1. The van der Waals surface area contributed by atoms with Gasteiger partial charge in [0.15, 0.2) is 0 Å². The summed E-state index contributed by atoms with van der Waals surface area (Å²) in [5.74, 6) is 0.721. The van der Waals surface area contributed by atoms with Crippen LogP contribution in [0.1, 0.15) is 17.0 Å². The molecule has 0 saturated carbocycles. The van der Waals surface area contributed by atoms with Gasteiger partial charge in [-0.3, -0.25) is 4.79 Å². The monoisotopic (exact) mass is 202 g/mol. The highest BCUT2D eigenvalue weighted by molar-refractivity contribution is 5.17. The molecule has 0 aliphatic carbocycles. The molecule has 15 heavy (non-hydrogen) atoms. The Hall–Kier alpha value is -2.04. The average Bonchev–Trinajstić information content (AvgIpc) is 2.25. The van der Waals surface area contributed by atoms with E-state index in [4.69, 9.17) is 0 Å². The van der Waals surface area contributed by atoms with Crippen LogP contribution in [0.4, 0.5) is 0 Å². The lowest BCUT2D eigenvalue weighted by molar-refractivity contribution is 0.975. The topological polar surface area (TPSA) is 71.5 Å². The molecule has 0 aliphatic rings. The molecular formula is C10H10N4O. The Morgan fingerprint density at radius 3 is 2.67 bits per heavy atom. The number of hydrogen-bond acceptors (Lipinski definition) is 4. The molecule has 0 fully saturated rings. The van der Waals surface area contributed by atoms with Crippen LogP contribution in [-0.2, 0) is 6.42 Å². The van der Waals surface area contributed by atoms with Crippen LogP contribution >= 0.6 is 0 Å². The van der Waals surface area contributed by atoms with Gasteiger partial charge in [0.1, 0.15) is 5.82 Å². The highest BCUT2D eigenvalue weighted by Gasteiger charge is 2.01. The molecule has 0 unspecified atom stereocenters. The summed E-state index contributed by atoms with van der Waals surface area (Å²) in [6.07, 6.45) is 6.86. The summed E-state index contributed by atoms with van der Waals surface area (Å²) in [6, 6.07) is 0. The summed E-state index contributed by atoms with van der Waals surface area (Å²) in [5, 5.41) is 0. The van der Waals surface area contributed by atoms with E-state index in [0.717, 1.165) is 11.4 Å². The van der Waals surface area contributed by atoms with Gasteiger partial charge in [-0.1, -0.05) is 0 Å². The summed E-state index contributed by atoms with van der Waals surface area (Å²) in [6.45, 7) is 1.82. The number of nitrogens with one attached hydrogen (secondary N) is 1. The van der Waals surface area contributed by atoms with Crippen molar-refractivity contribution in [2.45, 2.75) is 13.3 Å². The highest BCUT2D eigenvalue weighted by Crippen LogP contribution is 2.01. The van der Waals surface area contributed by atoms with Gasteiger partial charge in [0.05, 0.1) is 6.33 Å². The van der Waals surface area contributed by atoms with Crippen molar-refractivity contribution < 1.29 is 0 Å². The Morgan fingerprint density at radius 1 is 1.27 bits per heavy atom. The minimum absolute atomic E-state index is 0.120. The third kappa shape index (κ3) is 2.25. The van der Waals surface area contributed by atoms with Gasteiger partial charge in [-0.2, -0.15) is 0 Å². The van der Waals surface area contributed by atoms with E-state index in [0.29, 0.717) is 12.0 Å². The van der Waals surface area contributed by atoms with Gasteiger partial charge in [-0.05, 0) is 12.5 Å². The second-order valence-corrected chi connectivity index (χ2v) is 3.22. The third-order valence-corrected chi connectivity index (χ3v) is 2.02. The molecule has 1 N–H and O–H groups in total. The van der Waals surface area contributed by atoms with Gasteiger partial charge < -0.3 is 4.98 Å². The zero-order valence-electron chi connectivity index (χ0n) is 8.27. The van der Waals surface area contributed by atoms with Crippen LogP contribution in [0.5, 0.6) is 0 Å². The van der Waals surface area contributed by atoms with E-state index in [-0.39, 0.29) is 5.56 Å². The molecule has 0 amide bonds. The van der Waals surface area contributed by atoms with Crippen molar-refractivity contribution in [1.29, 1.82) is 0 Å². The maximum absolute atomic E-state index is 11.4. The second kappa shape index (κ2) is 4.00. The summed E-state index contributed by atoms with van der Waals surface area (Å²) in [4.78, 5) is 25.9.